The molecule has 1 atom stereocenters. The van der Waals surface area contributed by atoms with E-state index in [4.69, 9.17) is 0 Å². The number of hydrogen-bond donors (Lipinski definition) is 2. The number of rotatable bonds is 6. The largest absolute Gasteiger partial charge is 0.361 e. The summed E-state index contributed by atoms with van der Waals surface area (Å²) in [6, 6.07) is 7.49. The highest BCUT2D eigenvalue weighted by Gasteiger charge is 2.40. The van der Waals surface area contributed by atoms with E-state index in [1.165, 1.54) is 0 Å². The molecule has 0 amide bonds. The number of aliphatic hydroxyl groups is 2. The Kier molecular flexibility index (Phi) is 4.91. The van der Waals surface area contributed by atoms with Crippen LogP contribution in [0, 0.1) is 5.92 Å². The molecule has 2 N–H and O–H groups in total. The monoisotopic (exact) mass is 296 g/mol. The van der Waals surface area contributed by atoms with Crippen LogP contribution in [0.4, 0.5) is 0 Å². The lowest BCUT2D eigenvalue weighted by molar-refractivity contribution is -0.148. The maximum absolute atomic E-state index is 11.2. The van der Waals surface area contributed by atoms with E-state index in [2.05, 4.69) is 13.2 Å². The van der Waals surface area contributed by atoms with Crippen molar-refractivity contribution in [1.29, 1.82) is 0 Å². The van der Waals surface area contributed by atoms with Crippen molar-refractivity contribution >= 4 is 11.9 Å². The Hall–Kier alpha value is -2.23. The van der Waals surface area contributed by atoms with Crippen molar-refractivity contribution in [3.05, 3.63) is 78.4 Å². The SMILES string of the molecule is C=CCC1=CC(C=O)C(O)(O)C(c2cccc(CC=C)c2)=C1. The van der Waals surface area contributed by atoms with Gasteiger partial charge in [0.25, 0.3) is 0 Å². The molecule has 0 aliphatic heterocycles. The lowest BCUT2D eigenvalue weighted by Gasteiger charge is -2.32. The van der Waals surface area contributed by atoms with E-state index in [0.717, 1.165) is 11.1 Å². The molecule has 0 heterocycles. The van der Waals surface area contributed by atoms with Gasteiger partial charge < -0.3 is 15.0 Å². The van der Waals surface area contributed by atoms with Gasteiger partial charge in [-0.3, -0.25) is 0 Å². The van der Waals surface area contributed by atoms with E-state index >= 15 is 0 Å². The maximum atomic E-state index is 11.2. The first-order valence-corrected chi connectivity index (χ1v) is 7.17. The first-order valence-electron chi connectivity index (χ1n) is 7.17. The molecule has 0 radical (unpaired) electrons. The second kappa shape index (κ2) is 6.69. The molecule has 0 saturated heterocycles. The van der Waals surface area contributed by atoms with Gasteiger partial charge in [0.1, 0.15) is 6.29 Å². The van der Waals surface area contributed by atoms with Crippen molar-refractivity contribution in [1.82, 2.24) is 0 Å². The molecule has 1 unspecified atom stereocenters. The van der Waals surface area contributed by atoms with Gasteiger partial charge in [0.15, 0.2) is 0 Å². The van der Waals surface area contributed by atoms with E-state index in [1.54, 1.807) is 30.4 Å². The zero-order chi connectivity index (χ0) is 16.2. The molecule has 3 nitrogen and oxygen atoms in total. The van der Waals surface area contributed by atoms with Crippen LogP contribution < -0.4 is 0 Å². The van der Waals surface area contributed by atoms with E-state index in [0.29, 0.717) is 30.3 Å². The van der Waals surface area contributed by atoms with Crippen LogP contribution in [0.1, 0.15) is 17.5 Å². The van der Waals surface area contributed by atoms with Crippen molar-refractivity contribution in [2.75, 3.05) is 0 Å². The molecule has 0 fully saturated rings. The number of hydrogen-bond acceptors (Lipinski definition) is 3. The summed E-state index contributed by atoms with van der Waals surface area (Å²) in [5.74, 6) is -3.20. The van der Waals surface area contributed by atoms with Crippen LogP contribution in [0.25, 0.3) is 5.57 Å². The normalized spacial score (nSPS) is 19.8. The average molecular weight is 296 g/mol. The van der Waals surface area contributed by atoms with Crippen LogP contribution in [-0.4, -0.2) is 22.3 Å². The van der Waals surface area contributed by atoms with Gasteiger partial charge in [0.05, 0.1) is 5.92 Å². The van der Waals surface area contributed by atoms with Crippen molar-refractivity contribution < 1.29 is 15.0 Å². The topological polar surface area (TPSA) is 57.5 Å². The van der Waals surface area contributed by atoms with E-state index in [-0.39, 0.29) is 0 Å². The first kappa shape index (κ1) is 16.1. The smallest absolute Gasteiger partial charge is 0.203 e. The zero-order valence-electron chi connectivity index (χ0n) is 12.4. The molecule has 22 heavy (non-hydrogen) atoms. The van der Waals surface area contributed by atoms with Gasteiger partial charge in [0, 0.05) is 5.57 Å². The van der Waals surface area contributed by atoms with Gasteiger partial charge in [-0.25, -0.2) is 0 Å². The molecular formula is C19H20O3. The maximum Gasteiger partial charge on any atom is 0.203 e. The number of allylic oxidation sites excluding steroid dienone is 4. The summed E-state index contributed by atoms with van der Waals surface area (Å²) >= 11 is 0. The highest BCUT2D eigenvalue weighted by atomic mass is 16.5. The fraction of sp³-hybridized carbons (Fsp3) is 0.211. The molecule has 0 saturated carbocycles. The molecule has 1 aromatic carbocycles. The molecule has 0 aromatic heterocycles. The molecule has 1 aliphatic rings. The summed E-state index contributed by atoms with van der Waals surface area (Å²) < 4.78 is 0. The van der Waals surface area contributed by atoms with E-state index in [1.807, 2.05) is 18.2 Å². The minimum Gasteiger partial charge on any atom is -0.361 e. The van der Waals surface area contributed by atoms with Crippen LogP contribution in [0.15, 0.2) is 67.3 Å². The standard InChI is InChI=1S/C19H20O3/c1-3-6-14-8-5-9-16(10-14)18-12-15(7-4-2)11-17(13-20)19(18,21)22/h3-5,8-13,17,21-22H,1-2,6-7H2. The Labute approximate surface area is 130 Å². The Morgan fingerprint density at radius 2 is 1.91 bits per heavy atom. The van der Waals surface area contributed by atoms with Crippen LogP contribution in [0.3, 0.4) is 0 Å². The van der Waals surface area contributed by atoms with E-state index in [9.17, 15) is 15.0 Å². The average Bonchev–Trinajstić information content (AvgIpc) is 2.49. The predicted molar refractivity (Wildman–Crippen MR) is 87.9 cm³/mol. The fourth-order valence-electron chi connectivity index (χ4n) is 2.62. The number of carbonyl (C=O) groups is 1. The van der Waals surface area contributed by atoms with Gasteiger partial charge in [-0.15, -0.1) is 13.2 Å². The van der Waals surface area contributed by atoms with Crippen LogP contribution >= 0.6 is 0 Å². The lowest BCUT2D eigenvalue weighted by atomic mass is 9.80. The third-order valence-corrected chi connectivity index (χ3v) is 3.73. The Bertz CT molecular complexity index is 650. The van der Waals surface area contributed by atoms with Crippen molar-refractivity contribution in [3.63, 3.8) is 0 Å². The molecular weight excluding hydrogens is 276 g/mol. The van der Waals surface area contributed by atoms with Crippen LogP contribution in [0.2, 0.25) is 0 Å². The quantitative estimate of drug-likeness (QED) is 0.482. The summed E-state index contributed by atoms with van der Waals surface area (Å²) in [6.07, 6.45) is 8.62. The second-order valence-corrected chi connectivity index (χ2v) is 5.37. The van der Waals surface area contributed by atoms with Gasteiger partial charge in [-0.1, -0.05) is 42.5 Å². The van der Waals surface area contributed by atoms with Gasteiger partial charge >= 0.3 is 0 Å². The van der Waals surface area contributed by atoms with Crippen molar-refractivity contribution in [2.45, 2.75) is 18.6 Å². The summed E-state index contributed by atoms with van der Waals surface area (Å²) in [7, 11) is 0. The van der Waals surface area contributed by atoms with Gasteiger partial charge in [-0.05, 0) is 35.6 Å². The molecule has 3 heteroatoms. The summed E-state index contributed by atoms with van der Waals surface area (Å²) in [5.41, 5.74) is 2.88. The van der Waals surface area contributed by atoms with Crippen molar-refractivity contribution in [2.24, 2.45) is 5.92 Å². The molecule has 2 rings (SSSR count). The number of benzene rings is 1. The van der Waals surface area contributed by atoms with Crippen molar-refractivity contribution in [3.8, 4) is 0 Å². The number of carbonyl (C=O) groups excluding carboxylic acids is 1. The Balaban J connectivity index is 2.51. The summed E-state index contributed by atoms with van der Waals surface area (Å²) in [4.78, 5) is 11.2. The van der Waals surface area contributed by atoms with E-state index < -0.39 is 11.7 Å². The van der Waals surface area contributed by atoms with Gasteiger partial charge in [-0.2, -0.15) is 0 Å². The predicted octanol–water partition coefficient (Wildman–Crippen LogP) is 2.81. The Morgan fingerprint density at radius 1 is 1.18 bits per heavy atom. The molecule has 114 valence electrons. The molecule has 1 aliphatic carbocycles. The second-order valence-electron chi connectivity index (χ2n) is 5.37. The zero-order valence-corrected chi connectivity index (χ0v) is 12.4. The van der Waals surface area contributed by atoms with Crippen LogP contribution in [0.5, 0.6) is 0 Å². The minimum absolute atomic E-state index is 0.329. The fourth-order valence-corrected chi connectivity index (χ4v) is 2.62. The summed E-state index contributed by atoms with van der Waals surface area (Å²) in [6.45, 7) is 7.39. The third-order valence-electron chi connectivity index (χ3n) is 3.73. The lowest BCUT2D eigenvalue weighted by Crippen LogP contribution is -2.40. The van der Waals surface area contributed by atoms with Gasteiger partial charge in [0.2, 0.25) is 5.79 Å². The Morgan fingerprint density at radius 3 is 2.55 bits per heavy atom. The molecule has 0 spiro atoms. The third kappa shape index (κ3) is 3.16. The minimum atomic E-state index is -2.21. The number of aldehydes is 1. The van der Waals surface area contributed by atoms with Crippen LogP contribution in [-0.2, 0) is 11.2 Å². The first-order chi connectivity index (χ1) is 10.5. The highest BCUT2D eigenvalue weighted by molar-refractivity contribution is 5.80. The summed E-state index contributed by atoms with van der Waals surface area (Å²) in [5, 5.41) is 20.8. The highest BCUT2D eigenvalue weighted by Crippen LogP contribution is 2.37. The molecule has 1 aromatic rings. The molecule has 0 bridgehead atoms.